The molecule has 0 atom stereocenters. The maximum absolute atomic E-state index is 9.98. The van der Waals surface area contributed by atoms with Crippen molar-refractivity contribution in [3.05, 3.63) is 0 Å². The molecular weight excluding hydrogens is 134 g/mol. The number of rotatable bonds is 2. The second-order valence-electron chi connectivity index (χ2n) is 2.87. The molecule has 0 radical (unpaired) electrons. The van der Waals surface area contributed by atoms with Crippen molar-refractivity contribution < 1.29 is 4.79 Å². The minimum absolute atomic E-state index is 0.0750. The van der Waals surface area contributed by atoms with Gasteiger partial charge in [-0.3, -0.25) is 4.79 Å². The molecule has 0 aromatic rings. The van der Waals surface area contributed by atoms with Gasteiger partial charge in [0.1, 0.15) is 0 Å². The van der Waals surface area contributed by atoms with Crippen molar-refractivity contribution in [3.8, 4) is 0 Å². The number of hydrogen-bond donors (Lipinski definition) is 0. The summed E-state index contributed by atoms with van der Waals surface area (Å²) in [5.74, 6) is 0. The van der Waals surface area contributed by atoms with E-state index in [1.807, 2.05) is 11.4 Å². The lowest BCUT2D eigenvalue weighted by Crippen LogP contribution is -2.32. The first kappa shape index (κ1) is 8.98. The van der Waals surface area contributed by atoms with Crippen molar-refractivity contribution in [2.24, 2.45) is 0 Å². The van der Waals surface area contributed by atoms with E-state index in [0.29, 0.717) is 0 Å². The summed E-state index contributed by atoms with van der Waals surface area (Å²) in [5, 5.41) is 0. The number of hydrogen-bond acceptors (Lipinski definition) is 3. The third-order valence-corrected chi connectivity index (χ3v) is 2.10. The molecule has 0 aliphatic rings. The summed E-state index contributed by atoms with van der Waals surface area (Å²) in [6.45, 7) is 6.18. The van der Waals surface area contributed by atoms with E-state index >= 15 is 0 Å². The molecule has 0 bridgehead atoms. The molecule has 0 unspecified atom stereocenters. The number of carbonyl (C=O) groups excluding carboxylic acids is 1. The fourth-order valence-corrected chi connectivity index (χ4v) is 0.668. The Bertz CT molecular complexity index is 97.7. The van der Waals surface area contributed by atoms with Gasteiger partial charge in [0.2, 0.25) is 0 Å². The van der Waals surface area contributed by atoms with E-state index in [2.05, 4.69) is 20.8 Å². The smallest absolute Gasteiger partial charge is 0.191 e. The van der Waals surface area contributed by atoms with Crippen LogP contribution in [0.4, 0.5) is 0 Å². The van der Waals surface area contributed by atoms with Gasteiger partial charge in [-0.25, -0.2) is 4.31 Å². The second kappa shape index (κ2) is 3.22. The van der Waals surface area contributed by atoms with Crippen molar-refractivity contribution in [3.63, 3.8) is 0 Å². The minimum atomic E-state index is 0.0750. The first-order valence-electron chi connectivity index (χ1n) is 2.82. The van der Waals surface area contributed by atoms with E-state index in [0.717, 1.165) is 5.62 Å². The van der Waals surface area contributed by atoms with Gasteiger partial charge >= 0.3 is 0 Å². The van der Waals surface area contributed by atoms with Crippen molar-refractivity contribution in [2.75, 3.05) is 7.05 Å². The predicted octanol–water partition coefficient (Wildman–Crippen LogP) is 1.56. The summed E-state index contributed by atoms with van der Waals surface area (Å²) in [4.78, 5) is 9.98. The van der Waals surface area contributed by atoms with E-state index in [1.165, 1.54) is 11.9 Å². The van der Waals surface area contributed by atoms with Crippen molar-refractivity contribution in [1.29, 1.82) is 0 Å². The summed E-state index contributed by atoms with van der Waals surface area (Å²) >= 11 is 1.19. The monoisotopic (exact) mass is 147 g/mol. The van der Waals surface area contributed by atoms with Crippen molar-refractivity contribution in [1.82, 2.24) is 4.31 Å². The van der Waals surface area contributed by atoms with E-state index in [1.54, 1.807) is 0 Å². The Hall–Kier alpha value is -0.0200. The summed E-state index contributed by atoms with van der Waals surface area (Å²) in [7, 11) is 1.90. The lowest BCUT2D eigenvalue weighted by Gasteiger charge is -2.28. The van der Waals surface area contributed by atoms with Gasteiger partial charge in [0.05, 0.1) is 0 Å². The highest BCUT2D eigenvalue weighted by atomic mass is 32.2. The third kappa shape index (κ3) is 3.54. The standard InChI is InChI=1S/C6H13NOS/c1-6(2,3)7(4)9-5-8/h5H,1-4H3. The van der Waals surface area contributed by atoms with Crippen LogP contribution in [-0.2, 0) is 4.79 Å². The zero-order chi connectivity index (χ0) is 7.49. The number of carbonyl (C=O) groups is 1. The quantitative estimate of drug-likeness (QED) is 0.436. The van der Waals surface area contributed by atoms with Gasteiger partial charge in [0.25, 0.3) is 0 Å². The van der Waals surface area contributed by atoms with E-state index in [4.69, 9.17) is 0 Å². The summed E-state index contributed by atoms with van der Waals surface area (Å²) in [6.07, 6.45) is 0. The first-order valence-corrected chi connectivity index (χ1v) is 3.66. The Kier molecular flexibility index (Phi) is 3.22. The van der Waals surface area contributed by atoms with Crippen LogP contribution >= 0.6 is 11.9 Å². The normalized spacial score (nSPS) is 12.1. The topological polar surface area (TPSA) is 20.3 Å². The van der Waals surface area contributed by atoms with Crippen LogP contribution in [0.3, 0.4) is 0 Å². The van der Waals surface area contributed by atoms with Crippen LogP contribution in [0.5, 0.6) is 0 Å². The second-order valence-corrected chi connectivity index (χ2v) is 3.82. The molecular formula is C6H13NOS. The molecule has 0 fully saturated rings. The van der Waals surface area contributed by atoms with Gasteiger partial charge in [-0.1, -0.05) is 0 Å². The highest BCUT2D eigenvalue weighted by molar-refractivity contribution is 8.09. The molecule has 0 rings (SSSR count). The van der Waals surface area contributed by atoms with Crippen LogP contribution in [0.25, 0.3) is 0 Å². The molecule has 0 aromatic carbocycles. The zero-order valence-corrected chi connectivity index (χ0v) is 7.16. The number of nitrogens with zero attached hydrogens (tertiary/aromatic N) is 1. The molecule has 0 aliphatic carbocycles. The fraction of sp³-hybridized carbons (Fsp3) is 0.833. The maximum Gasteiger partial charge on any atom is 0.191 e. The molecule has 2 nitrogen and oxygen atoms in total. The van der Waals surface area contributed by atoms with Crippen LogP contribution in [0.1, 0.15) is 20.8 Å². The Morgan fingerprint density at radius 3 is 2.00 bits per heavy atom. The SMILES string of the molecule is CN(SC=O)C(C)(C)C. The van der Waals surface area contributed by atoms with Gasteiger partial charge in [0.15, 0.2) is 5.62 Å². The van der Waals surface area contributed by atoms with Crippen LogP contribution in [0.15, 0.2) is 0 Å². The largest absolute Gasteiger partial charge is 0.290 e. The van der Waals surface area contributed by atoms with Crippen molar-refractivity contribution >= 4 is 17.6 Å². The Morgan fingerprint density at radius 1 is 1.44 bits per heavy atom. The Labute approximate surface area is 60.7 Å². The molecule has 9 heavy (non-hydrogen) atoms. The highest BCUT2D eigenvalue weighted by Crippen LogP contribution is 2.17. The van der Waals surface area contributed by atoms with Gasteiger partial charge in [-0.15, -0.1) is 0 Å². The first-order chi connectivity index (χ1) is 3.98. The molecule has 54 valence electrons. The average molecular weight is 147 g/mol. The van der Waals surface area contributed by atoms with E-state index in [9.17, 15) is 4.79 Å². The highest BCUT2D eigenvalue weighted by Gasteiger charge is 2.16. The van der Waals surface area contributed by atoms with Gasteiger partial charge in [0, 0.05) is 5.54 Å². The molecule has 0 aromatic heterocycles. The average Bonchev–Trinajstić information content (AvgIpc) is 1.64. The van der Waals surface area contributed by atoms with Gasteiger partial charge < -0.3 is 0 Å². The van der Waals surface area contributed by atoms with Crippen molar-refractivity contribution in [2.45, 2.75) is 26.3 Å². The Morgan fingerprint density at radius 2 is 1.89 bits per heavy atom. The predicted molar refractivity (Wildman–Crippen MR) is 41.9 cm³/mol. The molecule has 0 heterocycles. The molecule has 0 spiro atoms. The summed E-state index contributed by atoms with van der Waals surface area (Å²) < 4.78 is 1.92. The van der Waals surface area contributed by atoms with E-state index in [-0.39, 0.29) is 5.54 Å². The molecule has 0 saturated carbocycles. The third-order valence-electron chi connectivity index (χ3n) is 1.15. The lowest BCUT2D eigenvalue weighted by atomic mass is 10.1. The van der Waals surface area contributed by atoms with Crippen LogP contribution in [-0.4, -0.2) is 22.5 Å². The molecule has 3 heteroatoms. The van der Waals surface area contributed by atoms with Crippen LogP contribution < -0.4 is 0 Å². The minimum Gasteiger partial charge on any atom is -0.290 e. The summed E-state index contributed by atoms with van der Waals surface area (Å²) in [5.41, 5.74) is 0.914. The van der Waals surface area contributed by atoms with E-state index < -0.39 is 0 Å². The van der Waals surface area contributed by atoms with Gasteiger partial charge in [-0.2, -0.15) is 0 Å². The zero-order valence-electron chi connectivity index (χ0n) is 6.34. The van der Waals surface area contributed by atoms with Crippen LogP contribution in [0.2, 0.25) is 0 Å². The fourth-order valence-electron chi connectivity index (χ4n) is 0.223. The molecule has 0 amide bonds. The molecule has 0 N–H and O–H groups in total. The molecule has 0 saturated heterocycles. The Balaban J connectivity index is 3.72. The molecule has 0 aliphatic heterocycles. The lowest BCUT2D eigenvalue weighted by molar-refractivity contribution is 0.321. The summed E-state index contributed by atoms with van der Waals surface area (Å²) in [6, 6.07) is 0. The van der Waals surface area contributed by atoms with Gasteiger partial charge in [-0.05, 0) is 39.8 Å². The maximum atomic E-state index is 9.98. The van der Waals surface area contributed by atoms with Crippen LogP contribution in [0, 0.1) is 0 Å².